The first-order chi connectivity index (χ1) is 9.75. The molecule has 2 N–H and O–H groups in total. The number of benzene rings is 1. The topological polar surface area (TPSA) is 61.6 Å². The molecule has 1 saturated carbocycles. The Kier molecular flexibility index (Phi) is 4.27. The van der Waals surface area contributed by atoms with Crippen LogP contribution >= 0.6 is 0 Å². The van der Waals surface area contributed by atoms with Crippen LogP contribution in [0.25, 0.3) is 0 Å². The zero-order valence-electron chi connectivity index (χ0n) is 11.5. The molecule has 3 atom stereocenters. The van der Waals surface area contributed by atoms with Crippen LogP contribution in [0.15, 0.2) is 23.1 Å². The Morgan fingerprint density at radius 1 is 1.05 bits per heavy atom. The normalized spacial score (nSPS) is 27.6. The van der Waals surface area contributed by atoms with Crippen LogP contribution in [0.2, 0.25) is 0 Å². The smallest absolute Gasteiger partial charge is 0.162 e. The number of hydrogen-bond donors (Lipinski definition) is 1. The number of ether oxygens (including phenoxy) is 2. The van der Waals surface area contributed by atoms with Crippen molar-refractivity contribution in [2.75, 3.05) is 13.2 Å². The van der Waals surface area contributed by atoms with Gasteiger partial charge in [-0.3, -0.25) is 4.21 Å². The summed E-state index contributed by atoms with van der Waals surface area (Å²) in [6.07, 6.45) is 5.39. The molecule has 3 rings (SSSR count). The predicted octanol–water partition coefficient (Wildman–Crippen LogP) is 2.23. The minimum Gasteiger partial charge on any atom is -0.486 e. The molecule has 0 bridgehead atoms. The third-order valence-electron chi connectivity index (χ3n) is 4.02. The fourth-order valence-corrected chi connectivity index (χ4v) is 4.50. The quantitative estimate of drug-likeness (QED) is 0.850. The van der Waals surface area contributed by atoms with Crippen molar-refractivity contribution < 1.29 is 13.7 Å². The van der Waals surface area contributed by atoms with Gasteiger partial charge in [0.2, 0.25) is 0 Å². The zero-order valence-corrected chi connectivity index (χ0v) is 12.4. The summed E-state index contributed by atoms with van der Waals surface area (Å²) in [5.74, 6) is 1.44. The second-order valence-electron chi connectivity index (χ2n) is 5.44. The van der Waals surface area contributed by atoms with Gasteiger partial charge in [0, 0.05) is 17.0 Å². The van der Waals surface area contributed by atoms with Crippen LogP contribution in [-0.4, -0.2) is 28.7 Å². The van der Waals surface area contributed by atoms with E-state index in [4.69, 9.17) is 15.2 Å². The first-order valence-electron chi connectivity index (χ1n) is 7.31. The van der Waals surface area contributed by atoms with Gasteiger partial charge in [-0.05, 0) is 25.0 Å². The molecule has 1 heterocycles. The minimum atomic E-state index is -1.07. The maximum atomic E-state index is 12.8. The van der Waals surface area contributed by atoms with E-state index in [0.29, 0.717) is 19.0 Å². The largest absolute Gasteiger partial charge is 0.486 e. The van der Waals surface area contributed by atoms with Gasteiger partial charge in [-0.1, -0.05) is 19.3 Å². The summed E-state index contributed by atoms with van der Waals surface area (Å²) < 4.78 is 23.8. The van der Waals surface area contributed by atoms with Crippen molar-refractivity contribution in [3.63, 3.8) is 0 Å². The van der Waals surface area contributed by atoms with E-state index in [-0.39, 0.29) is 11.3 Å². The standard InChI is InChI=1S/C15H21NO3S/c16-12-4-2-1-3-5-15(12)20(17)11-6-7-13-14(10-11)19-9-8-18-13/h6-7,10,12,15H,1-5,8-9,16H2. The average Bonchev–Trinajstić information content (AvgIpc) is 2.70. The van der Waals surface area contributed by atoms with Gasteiger partial charge in [0.1, 0.15) is 13.2 Å². The lowest BCUT2D eigenvalue weighted by Gasteiger charge is -2.22. The van der Waals surface area contributed by atoms with Gasteiger partial charge in [-0.15, -0.1) is 0 Å². The lowest BCUT2D eigenvalue weighted by molar-refractivity contribution is 0.171. The van der Waals surface area contributed by atoms with E-state index in [1.165, 1.54) is 6.42 Å². The van der Waals surface area contributed by atoms with Gasteiger partial charge < -0.3 is 15.2 Å². The molecule has 0 amide bonds. The second-order valence-corrected chi connectivity index (χ2v) is 7.11. The van der Waals surface area contributed by atoms with Gasteiger partial charge in [0.25, 0.3) is 0 Å². The zero-order chi connectivity index (χ0) is 13.9. The SMILES string of the molecule is NC1CCCCCC1S(=O)c1ccc2c(c1)OCCO2. The van der Waals surface area contributed by atoms with Crippen LogP contribution in [0.4, 0.5) is 0 Å². The van der Waals surface area contributed by atoms with Gasteiger partial charge in [-0.25, -0.2) is 0 Å². The van der Waals surface area contributed by atoms with Crippen LogP contribution < -0.4 is 15.2 Å². The maximum Gasteiger partial charge on any atom is 0.162 e. The summed E-state index contributed by atoms with van der Waals surface area (Å²) in [6, 6.07) is 5.61. The number of rotatable bonds is 2. The van der Waals surface area contributed by atoms with Crippen molar-refractivity contribution in [3.05, 3.63) is 18.2 Å². The van der Waals surface area contributed by atoms with Gasteiger partial charge in [-0.2, -0.15) is 0 Å². The van der Waals surface area contributed by atoms with E-state index in [1.54, 1.807) is 0 Å². The monoisotopic (exact) mass is 295 g/mol. The molecule has 1 aromatic rings. The third kappa shape index (κ3) is 2.83. The minimum absolute atomic E-state index is 0.0338. The van der Waals surface area contributed by atoms with E-state index in [0.717, 1.165) is 36.3 Å². The van der Waals surface area contributed by atoms with E-state index < -0.39 is 10.8 Å². The van der Waals surface area contributed by atoms with E-state index in [2.05, 4.69) is 0 Å². The van der Waals surface area contributed by atoms with Gasteiger partial charge in [0.05, 0.1) is 16.0 Å². The van der Waals surface area contributed by atoms with Crippen molar-refractivity contribution in [1.82, 2.24) is 0 Å². The highest BCUT2D eigenvalue weighted by Gasteiger charge is 2.27. The Balaban J connectivity index is 1.82. The Hall–Kier alpha value is -1.07. The fourth-order valence-electron chi connectivity index (χ4n) is 2.89. The van der Waals surface area contributed by atoms with Crippen LogP contribution in [0.3, 0.4) is 0 Å². The molecule has 1 aliphatic heterocycles. The molecule has 1 aromatic carbocycles. The third-order valence-corrected chi connectivity index (χ3v) is 5.88. The summed E-state index contributed by atoms with van der Waals surface area (Å²) in [6.45, 7) is 1.12. The van der Waals surface area contributed by atoms with Crippen molar-refractivity contribution in [2.24, 2.45) is 5.73 Å². The molecular formula is C15H21NO3S. The number of nitrogens with two attached hydrogens (primary N) is 1. The van der Waals surface area contributed by atoms with Crippen LogP contribution in [0, 0.1) is 0 Å². The van der Waals surface area contributed by atoms with Crippen molar-refractivity contribution in [3.8, 4) is 11.5 Å². The lowest BCUT2D eigenvalue weighted by Crippen LogP contribution is -2.36. The van der Waals surface area contributed by atoms with Crippen molar-refractivity contribution in [1.29, 1.82) is 0 Å². The first-order valence-corrected chi connectivity index (χ1v) is 8.53. The van der Waals surface area contributed by atoms with Crippen LogP contribution in [0.1, 0.15) is 32.1 Å². The van der Waals surface area contributed by atoms with Gasteiger partial charge in [0.15, 0.2) is 11.5 Å². The molecule has 1 aliphatic carbocycles. The molecule has 4 nitrogen and oxygen atoms in total. The van der Waals surface area contributed by atoms with E-state index in [9.17, 15) is 4.21 Å². The first kappa shape index (κ1) is 13.9. The molecular weight excluding hydrogens is 274 g/mol. The summed E-state index contributed by atoms with van der Waals surface area (Å²) in [7, 11) is -1.07. The number of fused-ring (bicyclic) bond motifs is 1. The van der Waals surface area contributed by atoms with E-state index in [1.807, 2.05) is 18.2 Å². The second kappa shape index (κ2) is 6.14. The molecule has 5 heteroatoms. The molecule has 0 aromatic heterocycles. The summed E-state index contributed by atoms with van der Waals surface area (Å²) in [5, 5.41) is 0.0556. The van der Waals surface area contributed by atoms with Crippen LogP contribution in [0.5, 0.6) is 11.5 Å². The van der Waals surface area contributed by atoms with Crippen molar-refractivity contribution in [2.45, 2.75) is 48.3 Å². The lowest BCUT2D eigenvalue weighted by atomic mass is 10.1. The van der Waals surface area contributed by atoms with Crippen molar-refractivity contribution >= 4 is 10.8 Å². The molecule has 2 aliphatic rings. The predicted molar refractivity (Wildman–Crippen MR) is 78.7 cm³/mol. The summed E-state index contributed by atoms with van der Waals surface area (Å²) >= 11 is 0. The fraction of sp³-hybridized carbons (Fsp3) is 0.600. The molecule has 3 unspecified atom stereocenters. The molecule has 0 saturated heterocycles. The molecule has 110 valence electrons. The van der Waals surface area contributed by atoms with E-state index >= 15 is 0 Å². The summed E-state index contributed by atoms with van der Waals surface area (Å²) in [5.41, 5.74) is 6.21. The molecule has 20 heavy (non-hydrogen) atoms. The maximum absolute atomic E-state index is 12.8. The molecule has 0 radical (unpaired) electrons. The average molecular weight is 295 g/mol. The Labute approximate surface area is 122 Å². The van der Waals surface area contributed by atoms with Crippen LogP contribution in [-0.2, 0) is 10.8 Å². The Morgan fingerprint density at radius 2 is 1.80 bits per heavy atom. The van der Waals surface area contributed by atoms with Gasteiger partial charge >= 0.3 is 0 Å². The highest BCUT2D eigenvalue weighted by Crippen LogP contribution is 2.33. The molecule has 0 spiro atoms. The number of hydrogen-bond acceptors (Lipinski definition) is 4. The highest BCUT2D eigenvalue weighted by molar-refractivity contribution is 7.85. The Bertz CT molecular complexity index is 506. The highest BCUT2D eigenvalue weighted by atomic mass is 32.2. The Morgan fingerprint density at radius 3 is 2.65 bits per heavy atom. The summed E-state index contributed by atoms with van der Waals surface area (Å²) in [4.78, 5) is 0.802. The molecule has 1 fully saturated rings.